The monoisotopic (exact) mass is 220 g/mol. The third kappa shape index (κ3) is 2.02. The van der Waals surface area contributed by atoms with Crippen LogP contribution in [0.15, 0.2) is 18.2 Å². The van der Waals surface area contributed by atoms with Crippen LogP contribution in [-0.4, -0.2) is 31.1 Å². The maximum absolute atomic E-state index is 11.7. The lowest BCUT2D eigenvalue weighted by molar-refractivity contribution is -0.136. The van der Waals surface area contributed by atoms with Crippen LogP contribution < -0.4 is 5.73 Å². The van der Waals surface area contributed by atoms with Crippen molar-refractivity contribution in [3.05, 3.63) is 29.3 Å². The van der Waals surface area contributed by atoms with Gasteiger partial charge in [-0.2, -0.15) is 0 Å². The van der Waals surface area contributed by atoms with Crippen LogP contribution in [-0.2, 0) is 22.5 Å². The van der Waals surface area contributed by atoms with Crippen LogP contribution in [0.5, 0.6) is 0 Å². The Balaban J connectivity index is 2.15. The van der Waals surface area contributed by atoms with E-state index in [4.69, 9.17) is 10.5 Å². The van der Waals surface area contributed by atoms with Crippen molar-refractivity contribution in [3.8, 4) is 0 Å². The van der Waals surface area contributed by atoms with Crippen molar-refractivity contribution in [3.63, 3.8) is 0 Å². The van der Waals surface area contributed by atoms with E-state index < -0.39 is 0 Å². The predicted octanol–water partition coefficient (Wildman–Crippen LogP) is 0.800. The number of hydrogen-bond acceptors (Lipinski definition) is 3. The molecule has 2 N–H and O–H groups in total. The van der Waals surface area contributed by atoms with Crippen LogP contribution in [0.3, 0.4) is 0 Å². The molecule has 1 aliphatic rings. The van der Waals surface area contributed by atoms with Gasteiger partial charge in [-0.25, -0.2) is 0 Å². The Labute approximate surface area is 95.0 Å². The Morgan fingerprint density at radius 1 is 1.56 bits per heavy atom. The number of methoxy groups -OCH3 is 1. The molecule has 0 aliphatic carbocycles. The Morgan fingerprint density at radius 3 is 3.12 bits per heavy atom. The summed E-state index contributed by atoms with van der Waals surface area (Å²) >= 11 is 0. The van der Waals surface area contributed by atoms with Crippen LogP contribution in [0.2, 0.25) is 0 Å². The van der Waals surface area contributed by atoms with Gasteiger partial charge in [-0.3, -0.25) is 4.79 Å². The summed E-state index contributed by atoms with van der Waals surface area (Å²) in [6.45, 7) is 1.52. The first-order chi connectivity index (χ1) is 7.72. The number of hydrogen-bond donors (Lipinski definition) is 1. The Hall–Kier alpha value is -1.55. The Morgan fingerprint density at radius 2 is 2.38 bits per heavy atom. The van der Waals surface area contributed by atoms with Crippen molar-refractivity contribution < 1.29 is 9.53 Å². The average Bonchev–Trinajstić information content (AvgIpc) is 2.29. The fourth-order valence-corrected chi connectivity index (χ4v) is 2.07. The number of ether oxygens (including phenoxy) is 1. The van der Waals surface area contributed by atoms with E-state index in [-0.39, 0.29) is 12.5 Å². The van der Waals surface area contributed by atoms with Crippen molar-refractivity contribution in [1.29, 1.82) is 0 Å². The molecule has 0 atom stereocenters. The molecule has 1 aromatic rings. The SMILES string of the molecule is COCC(=O)N1CCc2c(N)cccc2C1. The minimum atomic E-state index is 0.0376. The van der Waals surface area contributed by atoms with Crippen LogP contribution in [0.1, 0.15) is 11.1 Å². The molecule has 0 unspecified atom stereocenters. The van der Waals surface area contributed by atoms with Crippen LogP contribution >= 0.6 is 0 Å². The number of carbonyl (C=O) groups is 1. The third-order valence-electron chi connectivity index (χ3n) is 2.92. The second kappa shape index (κ2) is 4.53. The van der Waals surface area contributed by atoms with E-state index in [1.807, 2.05) is 23.1 Å². The zero-order chi connectivity index (χ0) is 11.5. The molecular formula is C12H16N2O2. The highest BCUT2D eigenvalue weighted by Crippen LogP contribution is 2.23. The fourth-order valence-electron chi connectivity index (χ4n) is 2.07. The first-order valence-electron chi connectivity index (χ1n) is 5.35. The van der Waals surface area contributed by atoms with Crippen molar-refractivity contribution in [1.82, 2.24) is 4.90 Å². The summed E-state index contributed by atoms with van der Waals surface area (Å²) in [4.78, 5) is 13.5. The molecule has 0 saturated carbocycles. The lowest BCUT2D eigenvalue weighted by atomic mass is 9.98. The molecule has 1 aromatic carbocycles. The van der Waals surface area contributed by atoms with E-state index in [1.54, 1.807) is 0 Å². The molecule has 0 aromatic heterocycles. The van der Waals surface area contributed by atoms with Gasteiger partial charge in [0.15, 0.2) is 0 Å². The lowest BCUT2D eigenvalue weighted by Gasteiger charge is -2.29. The molecule has 0 spiro atoms. The van der Waals surface area contributed by atoms with Crippen LogP contribution in [0, 0.1) is 0 Å². The van der Waals surface area contributed by atoms with Gasteiger partial charge in [0.05, 0.1) is 0 Å². The van der Waals surface area contributed by atoms with E-state index in [2.05, 4.69) is 0 Å². The van der Waals surface area contributed by atoms with Gasteiger partial charge in [-0.05, 0) is 23.6 Å². The summed E-state index contributed by atoms with van der Waals surface area (Å²) in [6.07, 6.45) is 0.831. The summed E-state index contributed by atoms with van der Waals surface area (Å²) in [7, 11) is 1.54. The molecule has 4 heteroatoms. The first-order valence-corrected chi connectivity index (χ1v) is 5.35. The normalized spacial score (nSPS) is 14.7. The average molecular weight is 220 g/mol. The maximum Gasteiger partial charge on any atom is 0.248 e. The van der Waals surface area contributed by atoms with Gasteiger partial charge in [0.1, 0.15) is 6.61 Å². The topological polar surface area (TPSA) is 55.6 Å². The fraction of sp³-hybridized carbons (Fsp3) is 0.417. The molecule has 1 aliphatic heterocycles. The van der Waals surface area contributed by atoms with Crippen molar-refractivity contribution in [2.24, 2.45) is 0 Å². The van der Waals surface area contributed by atoms with E-state index in [1.165, 1.54) is 12.7 Å². The molecule has 0 fully saturated rings. The summed E-state index contributed by atoms with van der Waals surface area (Å²) in [5.41, 5.74) is 9.06. The van der Waals surface area contributed by atoms with Crippen molar-refractivity contribution in [2.75, 3.05) is 26.0 Å². The first kappa shape index (κ1) is 11.0. The van der Waals surface area contributed by atoms with E-state index in [0.29, 0.717) is 6.54 Å². The molecule has 2 rings (SSSR count). The van der Waals surface area contributed by atoms with Gasteiger partial charge in [-0.1, -0.05) is 12.1 Å². The molecule has 4 nitrogen and oxygen atoms in total. The largest absolute Gasteiger partial charge is 0.398 e. The minimum absolute atomic E-state index is 0.0376. The molecule has 1 amide bonds. The number of nitrogens with two attached hydrogens (primary N) is 1. The van der Waals surface area contributed by atoms with Crippen molar-refractivity contribution in [2.45, 2.75) is 13.0 Å². The number of rotatable bonds is 2. The number of benzene rings is 1. The van der Waals surface area contributed by atoms with Gasteiger partial charge in [0.2, 0.25) is 5.91 Å². The number of nitrogens with zero attached hydrogens (tertiary/aromatic N) is 1. The molecule has 86 valence electrons. The number of carbonyl (C=O) groups excluding carboxylic acids is 1. The molecule has 1 heterocycles. The summed E-state index contributed by atoms with van der Waals surface area (Å²) in [6, 6.07) is 5.86. The van der Waals surface area contributed by atoms with Crippen LogP contribution in [0.25, 0.3) is 0 Å². The highest BCUT2D eigenvalue weighted by atomic mass is 16.5. The number of amides is 1. The smallest absolute Gasteiger partial charge is 0.248 e. The highest BCUT2D eigenvalue weighted by molar-refractivity contribution is 5.78. The van der Waals surface area contributed by atoms with E-state index >= 15 is 0 Å². The third-order valence-corrected chi connectivity index (χ3v) is 2.92. The summed E-state index contributed by atoms with van der Waals surface area (Å²) in [5.74, 6) is 0.0376. The second-order valence-corrected chi connectivity index (χ2v) is 3.98. The predicted molar refractivity (Wildman–Crippen MR) is 61.9 cm³/mol. The molecule has 0 saturated heterocycles. The number of nitrogen functional groups attached to an aromatic ring is 1. The Kier molecular flexibility index (Phi) is 3.10. The van der Waals surface area contributed by atoms with Gasteiger partial charge in [0, 0.05) is 25.9 Å². The molecule has 0 bridgehead atoms. The summed E-state index contributed by atoms with van der Waals surface area (Å²) in [5, 5.41) is 0. The minimum Gasteiger partial charge on any atom is -0.398 e. The zero-order valence-corrected chi connectivity index (χ0v) is 9.40. The molecule has 16 heavy (non-hydrogen) atoms. The van der Waals surface area contributed by atoms with Crippen LogP contribution in [0.4, 0.5) is 5.69 Å². The van der Waals surface area contributed by atoms with Gasteiger partial charge < -0.3 is 15.4 Å². The lowest BCUT2D eigenvalue weighted by Crippen LogP contribution is -2.38. The summed E-state index contributed by atoms with van der Waals surface area (Å²) < 4.78 is 4.85. The number of anilines is 1. The maximum atomic E-state index is 11.7. The van der Waals surface area contributed by atoms with Gasteiger partial charge >= 0.3 is 0 Å². The molecule has 0 radical (unpaired) electrons. The molecular weight excluding hydrogens is 204 g/mol. The van der Waals surface area contributed by atoms with Gasteiger partial charge in [0.25, 0.3) is 0 Å². The van der Waals surface area contributed by atoms with Crippen molar-refractivity contribution >= 4 is 11.6 Å². The van der Waals surface area contributed by atoms with E-state index in [0.717, 1.165) is 24.2 Å². The van der Waals surface area contributed by atoms with E-state index in [9.17, 15) is 4.79 Å². The van der Waals surface area contributed by atoms with Gasteiger partial charge in [-0.15, -0.1) is 0 Å². The number of fused-ring (bicyclic) bond motifs is 1. The zero-order valence-electron chi connectivity index (χ0n) is 9.40. The highest BCUT2D eigenvalue weighted by Gasteiger charge is 2.21. The Bertz CT molecular complexity index is 404. The second-order valence-electron chi connectivity index (χ2n) is 3.98. The quantitative estimate of drug-likeness (QED) is 0.750. The standard InChI is InChI=1S/C12H16N2O2/c1-16-8-12(15)14-6-5-10-9(7-14)3-2-4-11(10)13/h2-4H,5-8,13H2,1H3.